The van der Waals surface area contributed by atoms with Crippen molar-refractivity contribution in [2.45, 2.75) is 10.9 Å². The first-order valence-electron chi connectivity index (χ1n) is 9.63. The molecule has 5 rings (SSSR count). The Hall–Kier alpha value is -3.15. The van der Waals surface area contributed by atoms with Crippen LogP contribution in [0.3, 0.4) is 0 Å². The van der Waals surface area contributed by atoms with E-state index in [0.29, 0.717) is 10.5 Å². The van der Waals surface area contributed by atoms with Crippen molar-refractivity contribution in [1.82, 2.24) is 9.55 Å². The van der Waals surface area contributed by atoms with Gasteiger partial charge in [0.25, 0.3) is 5.56 Å². The van der Waals surface area contributed by atoms with Gasteiger partial charge in [-0.25, -0.2) is 4.98 Å². The van der Waals surface area contributed by atoms with Gasteiger partial charge in [0.2, 0.25) is 0 Å². The van der Waals surface area contributed by atoms with Crippen LogP contribution in [0.1, 0.15) is 5.56 Å². The topological polar surface area (TPSA) is 34.9 Å². The summed E-state index contributed by atoms with van der Waals surface area (Å²) in [6, 6.07) is 30.0. The van der Waals surface area contributed by atoms with E-state index >= 15 is 0 Å². The van der Waals surface area contributed by atoms with Crippen molar-refractivity contribution in [2.24, 2.45) is 0 Å². The first kappa shape index (κ1) is 18.9. The number of hydrogen-bond acceptors (Lipinski definition) is 4. The fourth-order valence-electron chi connectivity index (χ4n) is 3.43. The van der Waals surface area contributed by atoms with Gasteiger partial charge in [-0.15, -0.1) is 11.3 Å². The fourth-order valence-corrected chi connectivity index (χ4v) is 5.38. The normalized spacial score (nSPS) is 11.1. The predicted octanol–water partition coefficient (Wildman–Crippen LogP) is 6.41. The SMILES string of the molecule is O=c1c2c(-c3ccccc3)csc2nc(SCc2ccccc2)n1-c1ccccc1. The van der Waals surface area contributed by atoms with Gasteiger partial charge in [-0.2, -0.15) is 0 Å². The minimum Gasteiger partial charge on any atom is -0.268 e. The number of thiophene rings is 1. The van der Waals surface area contributed by atoms with Crippen molar-refractivity contribution in [3.8, 4) is 16.8 Å². The van der Waals surface area contributed by atoms with E-state index in [-0.39, 0.29) is 5.56 Å². The lowest BCUT2D eigenvalue weighted by atomic mass is 10.1. The van der Waals surface area contributed by atoms with E-state index < -0.39 is 0 Å². The Kier molecular flexibility index (Phi) is 5.22. The Morgan fingerprint density at radius 3 is 2.17 bits per heavy atom. The molecule has 0 atom stereocenters. The Morgan fingerprint density at radius 2 is 1.47 bits per heavy atom. The summed E-state index contributed by atoms with van der Waals surface area (Å²) < 4.78 is 1.75. The number of para-hydroxylation sites is 1. The first-order valence-corrected chi connectivity index (χ1v) is 11.5. The third-order valence-electron chi connectivity index (χ3n) is 4.89. The molecule has 2 heterocycles. The second kappa shape index (κ2) is 8.30. The average molecular weight is 427 g/mol. The molecule has 2 aromatic heterocycles. The Labute approximate surface area is 182 Å². The molecule has 0 saturated carbocycles. The van der Waals surface area contributed by atoms with Crippen LogP contribution < -0.4 is 5.56 Å². The molecule has 0 fully saturated rings. The standard InChI is InChI=1S/C25H18N2OS2/c28-24-22-21(19-12-6-2-7-13-19)17-29-23(22)26-25(27(24)20-14-8-3-9-15-20)30-16-18-10-4-1-5-11-18/h1-15,17H,16H2. The highest BCUT2D eigenvalue weighted by Crippen LogP contribution is 2.33. The van der Waals surface area contributed by atoms with Crippen LogP contribution in [-0.4, -0.2) is 9.55 Å². The summed E-state index contributed by atoms with van der Waals surface area (Å²) >= 11 is 3.11. The van der Waals surface area contributed by atoms with E-state index in [2.05, 4.69) is 12.1 Å². The zero-order valence-corrected chi connectivity index (χ0v) is 17.7. The van der Waals surface area contributed by atoms with Crippen molar-refractivity contribution < 1.29 is 0 Å². The lowest BCUT2D eigenvalue weighted by Crippen LogP contribution is -2.21. The van der Waals surface area contributed by atoms with Crippen LogP contribution in [0.15, 0.2) is 106 Å². The van der Waals surface area contributed by atoms with Gasteiger partial charge in [0.1, 0.15) is 4.83 Å². The molecule has 146 valence electrons. The minimum atomic E-state index is -0.0261. The zero-order chi connectivity index (χ0) is 20.3. The largest absolute Gasteiger partial charge is 0.268 e. The van der Waals surface area contributed by atoms with Crippen LogP contribution in [0, 0.1) is 0 Å². The molecule has 0 amide bonds. The van der Waals surface area contributed by atoms with E-state index in [4.69, 9.17) is 4.98 Å². The molecule has 3 aromatic carbocycles. The van der Waals surface area contributed by atoms with Gasteiger partial charge in [0, 0.05) is 16.7 Å². The quantitative estimate of drug-likeness (QED) is 0.241. The van der Waals surface area contributed by atoms with Crippen LogP contribution >= 0.6 is 23.1 Å². The van der Waals surface area contributed by atoms with Crippen LogP contribution in [0.2, 0.25) is 0 Å². The van der Waals surface area contributed by atoms with E-state index in [9.17, 15) is 4.79 Å². The first-order chi connectivity index (χ1) is 14.8. The molecular formula is C25H18N2OS2. The molecule has 5 aromatic rings. The lowest BCUT2D eigenvalue weighted by Gasteiger charge is -2.12. The molecule has 0 N–H and O–H groups in total. The number of aromatic nitrogens is 2. The summed E-state index contributed by atoms with van der Waals surface area (Å²) in [5.41, 5.74) is 3.98. The van der Waals surface area contributed by atoms with Gasteiger partial charge < -0.3 is 0 Å². The number of fused-ring (bicyclic) bond motifs is 1. The minimum absolute atomic E-state index is 0.0261. The average Bonchev–Trinajstić information content (AvgIpc) is 3.24. The fraction of sp³-hybridized carbons (Fsp3) is 0.0400. The molecule has 0 aliphatic carbocycles. The van der Waals surface area contributed by atoms with Gasteiger partial charge in [-0.05, 0) is 23.3 Å². The molecular weight excluding hydrogens is 408 g/mol. The maximum atomic E-state index is 13.7. The Morgan fingerprint density at radius 1 is 0.833 bits per heavy atom. The van der Waals surface area contributed by atoms with Crippen LogP contribution in [0.25, 0.3) is 27.0 Å². The summed E-state index contributed by atoms with van der Waals surface area (Å²) in [7, 11) is 0. The van der Waals surface area contributed by atoms with Gasteiger partial charge in [-0.3, -0.25) is 9.36 Å². The second-order valence-electron chi connectivity index (χ2n) is 6.84. The number of nitrogens with zero attached hydrogens (tertiary/aromatic N) is 2. The molecule has 0 radical (unpaired) electrons. The van der Waals surface area contributed by atoms with Gasteiger partial charge in [0.05, 0.1) is 11.1 Å². The molecule has 5 heteroatoms. The second-order valence-corrected chi connectivity index (χ2v) is 8.64. The maximum Gasteiger partial charge on any atom is 0.268 e. The number of thioether (sulfide) groups is 1. The van der Waals surface area contributed by atoms with Crippen molar-refractivity contribution in [1.29, 1.82) is 0 Å². The molecule has 30 heavy (non-hydrogen) atoms. The van der Waals surface area contributed by atoms with Crippen molar-refractivity contribution in [3.63, 3.8) is 0 Å². The summed E-state index contributed by atoms with van der Waals surface area (Å²) in [6.45, 7) is 0. The molecule has 0 unspecified atom stereocenters. The number of benzene rings is 3. The highest BCUT2D eigenvalue weighted by atomic mass is 32.2. The predicted molar refractivity (Wildman–Crippen MR) is 127 cm³/mol. The zero-order valence-electron chi connectivity index (χ0n) is 16.1. The Bertz CT molecular complexity index is 1340. The monoisotopic (exact) mass is 426 g/mol. The summed E-state index contributed by atoms with van der Waals surface area (Å²) in [5, 5.41) is 3.43. The van der Waals surface area contributed by atoms with Gasteiger partial charge in [0.15, 0.2) is 5.16 Å². The molecule has 0 aliphatic rings. The molecule has 0 aliphatic heterocycles. The number of hydrogen-bond donors (Lipinski definition) is 0. The summed E-state index contributed by atoms with van der Waals surface area (Å²) in [4.78, 5) is 19.4. The van der Waals surface area contributed by atoms with Crippen LogP contribution in [-0.2, 0) is 5.75 Å². The Balaban J connectivity index is 1.69. The maximum absolute atomic E-state index is 13.7. The third kappa shape index (κ3) is 3.58. The van der Waals surface area contributed by atoms with Crippen LogP contribution in [0.4, 0.5) is 0 Å². The smallest absolute Gasteiger partial charge is 0.268 e. The van der Waals surface area contributed by atoms with Crippen molar-refractivity contribution in [2.75, 3.05) is 0 Å². The highest BCUT2D eigenvalue weighted by Gasteiger charge is 2.18. The van der Waals surface area contributed by atoms with E-state index in [1.165, 1.54) is 16.9 Å². The van der Waals surface area contributed by atoms with Crippen molar-refractivity contribution in [3.05, 3.63) is 112 Å². The van der Waals surface area contributed by atoms with Gasteiger partial charge >= 0.3 is 0 Å². The summed E-state index contributed by atoms with van der Waals surface area (Å²) in [5.74, 6) is 0.753. The van der Waals surface area contributed by atoms with Crippen molar-refractivity contribution >= 4 is 33.3 Å². The summed E-state index contributed by atoms with van der Waals surface area (Å²) in [6.07, 6.45) is 0. The lowest BCUT2D eigenvalue weighted by molar-refractivity contribution is 0.822. The van der Waals surface area contributed by atoms with Gasteiger partial charge in [-0.1, -0.05) is 90.6 Å². The third-order valence-corrected chi connectivity index (χ3v) is 6.77. The van der Waals surface area contributed by atoms with Crippen LogP contribution in [0.5, 0.6) is 0 Å². The highest BCUT2D eigenvalue weighted by molar-refractivity contribution is 7.98. The number of rotatable bonds is 5. The molecule has 0 bridgehead atoms. The molecule has 0 saturated heterocycles. The van der Waals surface area contributed by atoms with E-state index in [1.54, 1.807) is 16.3 Å². The molecule has 3 nitrogen and oxygen atoms in total. The molecule has 0 spiro atoms. The van der Waals surface area contributed by atoms with E-state index in [0.717, 1.165) is 27.4 Å². The van der Waals surface area contributed by atoms with E-state index in [1.807, 2.05) is 84.2 Å².